The van der Waals surface area contributed by atoms with Crippen LogP contribution >= 0.6 is 11.6 Å². The van der Waals surface area contributed by atoms with Gasteiger partial charge in [0.2, 0.25) is 0 Å². The molecule has 3 rings (SSSR count). The Morgan fingerprint density at radius 2 is 1.67 bits per heavy atom. The standard InChI is InChI=1S/C22H22ClN/c1-16(24)22(19-11-13-21(23)14-12-19)8-4-5-17-9-10-18-6-2-3-7-20(18)15-17/h2-7,9-16,22H,8,24H2,1H3/b5-4+/t16-,22+/m0/s1. The Balaban J connectivity index is 1.75. The highest BCUT2D eigenvalue weighted by Crippen LogP contribution is 2.25. The van der Waals surface area contributed by atoms with Crippen LogP contribution in [0.25, 0.3) is 16.8 Å². The van der Waals surface area contributed by atoms with Crippen molar-refractivity contribution in [3.8, 4) is 0 Å². The first-order valence-corrected chi connectivity index (χ1v) is 8.67. The minimum atomic E-state index is 0.0902. The van der Waals surface area contributed by atoms with Crippen LogP contribution in [0.4, 0.5) is 0 Å². The van der Waals surface area contributed by atoms with Crippen molar-refractivity contribution >= 4 is 28.4 Å². The summed E-state index contributed by atoms with van der Waals surface area (Å²) >= 11 is 5.98. The Morgan fingerprint density at radius 1 is 0.958 bits per heavy atom. The summed E-state index contributed by atoms with van der Waals surface area (Å²) in [7, 11) is 0. The molecule has 0 aliphatic heterocycles. The molecule has 0 aliphatic rings. The smallest absolute Gasteiger partial charge is 0.0406 e. The van der Waals surface area contributed by atoms with Crippen LogP contribution in [-0.4, -0.2) is 6.04 Å². The third kappa shape index (κ3) is 4.05. The van der Waals surface area contributed by atoms with Crippen LogP contribution in [0.2, 0.25) is 5.02 Å². The van der Waals surface area contributed by atoms with Crippen molar-refractivity contribution in [2.45, 2.75) is 25.3 Å². The van der Waals surface area contributed by atoms with Gasteiger partial charge in [-0.25, -0.2) is 0 Å². The highest BCUT2D eigenvalue weighted by molar-refractivity contribution is 6.30. The lowest BCUT2D eigenvalue weighted by molar-refractivity contribution is 0.575. The van der Waals surface area contributed by atoms with Crippen LogP contribution in [0.3, 0.4) is 0 Å². The van der Waals surface area contributed by atoms with E-state index >= 15 is 0 Å². The molecule has 24 heavy (non-hydrogen) atoms. The minimum absolute atomic E-state index is 0.0902. The second kappa shape index (κ2) is 7.65. The summed E-state index contributed by atoms with van der Waals surface area (Å²) in [5.74, 6) is 0.291. The van der Waals surface area contributed by atoms with Gasteiger partial charge < -0.3 is 5.73 Å². The van der Waals surface area contributed by atoms with E-state index in [4.69, 9.17) is 17.3 Å². The number of halogens is 1. The normalized spacial score (nSPS) is 14.1. The van der Waals surface area contributed by atoms with Gasteiger partial charge in [0.05, 0.1) is 0 Å². The van der Waals surface area contributed by atoms with Gasteiger partial charge in [0.15, 0.2) is 0 Å². The molecule has 0 heterocycles. The lowest BCUT2D eigenvalue weighted by Gasteiger charge is -2.19. The van der Waals surface area contributed by atoms with E-state index in [2.05, 4.69) is 73.7 Å². The minimum Gasteiger partial charge on any atom is -0.327 e. The number of hydrogen-bond donors (Lipinski definition) is 1. The first kappa shape index (κ1) is 16.8. The third-order valence-corrected chi connectivity index (χ3v) is 4.66. The predicted octanol–water partition coefficient (Wildman–Crippen LogP) is 6.03. The highest BCUT2D eigenvalue weighted by atomic mass is 35.5. The van der Waals surface area contributed by atoms with E-state index in [1.165, 1.54) is 21.9 Å². The molecule has 2 N–H and O–H groups in total. The summed E-state index contributed by atoms with van der Waals surface area (Å²) in [6.07, 6.45) is 5.30. The molecule has 122 valence electrons. The van der Waals surface area contributed by atoms with Gasteiger partial charge in [0.1, 0.15) is 0 Å². The molecule has 0 saturated carbocycles. The SMILES string of the molecule is C[C@H](N)[C@@H](C/C=C/c1ccc2ccccc2c1)c1ccc(Cl)cc1. The van der Waals surface area contributed by atoms with Gasteiger partial charge in [-0.2, -0.15) is 0 Å². The van der Waals surface area contributed by atoms with E-state index < -0.39 is 0 Å². The molecule has 0 bridgehead atoms. The monoisotopic (exact) mass is 335 g/mol. The van der Waals surface area contributed by atoms with Crippen molar-refractivity contribution in [2.24, 2.45) is 5.73 Å². The Hall–Kier alpha value is -2.09. The van der Waals surface area contributed by atoms with Crippen molar-refractivity contribution in [2.75, 3.05) is 0 Å². The average Bonchev–Trinajstić information content (AvgIpc) is 2.59. The van der Waals surface area contributed by atoms with E-state index in [1.54, 1.807) is 0 Å². The number of hydrogen-bond acceptors (Lipinski definition) is 1. The summed E-state index contributed by atoms with van der Waals surface area (Å²) in [6.45, 7) is 2.06. The number of allylic oxidation sites excluding steroid dienone is 1. The Labute approximate surface area is 148 Å². The fourth-order valence-corrected chi connectivity index (χ4v) is 3.15. The topological polar surface area (TPSA) is 26.0 Å². The molecule has 0 aromatic heterocycles. The van der Waals surface area contributed by atoms with E-state index in [0.717, 1.165) is 11.4 Å². The highest BCUT2D eigenvalue weighted by Gasteiger charge is 2.14. The van der Waals surface area contributed by atoms with Crippen molar-refractivity contribution in [1.82, 2.24) is 0 Å². The predicted molar refractivity (Wildman–Crippen MR) is 105 cm³/mol. The van der Waals surface area contributed by atoms with Crippen LogP contribution in [0.5, 0.6) is 0 Å². The first-order valence-electron chi connectivity index (χ1n) is 8.30. The molecule has 1 nitrogen and oxygen atoms in total. The zero-order chi connectivity index (χ0) is 16.9. The maximum atomic E-state index is 6.19. The molecule has 0 fully saturated rings. The molecular weight excluding hydrogens is 314 g/mol. The number of rotatable bonds is 5. The maximum absolute atomic E-state index is 6.19. The first-order chi connectivity index (χ1) is 11.6. The van der Waals surface area contributed by atoms with Gasteiger partial charge in [-0.3, -0.25) is 0 Å². The number of benzene rings is 3. The Morgan fingerprint density at radius 3 is 2.38 bits per heavy atom. The molecule has 0 radical (unpaired) electrons. The van der Waals surface area contributed by atoms with E-state index in [1.807, 2.05) is 12.1 Å². The molecule has 0 aliphatic carbocycles. The fourth-order valence-electron chi connectivity index (χ4n) is 3.03. The summed E-state index contributed by atoms with van der Waals surface area (Å²) in [4.78, 5) is 0. The summed E-state index contributed by atoms with van der Waals surface area (Å²) in [5, 5.41) is 3.29. The lowest BCUT2D eigenvalue weighted by Crippen LogP contribution is -2.24. The number of fused-ring (bicyclic) bond motifs is 1. The van der Waals surface area contributed by atoms with Gasteiger partial charge in [0.25, 0.3) is 0 Å². The largest absolute Gasteiger partial charge is 0.327 e. The zero-order valence-electron chi connectivity index (χ0n) is 13.8. The molecule has 0 spiro atoms. The van der Waals surface area contributed by atoms with Crippen LogP contribution in [-0.2, 0) is 0 Å². The molecular formula is C22H22ClN. The van der Waals surface area contributed by atoms with E-state index in [0.29, 0.717) is 5.92 Å². The molecule has 3 aromatic carbocycles. The molecule has 0 amide bonds. The van der Waals surface area contributed by atoms with Crippen LogP contribution < -0.4 is 5.73 Å². The third-order valence-electron chi connectivity index (χ3n) is 4.41. The zero-order valence-corrected chi connectivity index (χ0v) is 14.6. The van der Waals surface area contributed by atoms with Gasteiger partial charge >= 0.3 is 0 Å². The van der Waals surface area contributed by atoms with E-state index in [9.17, 15) is 0 Å². The van der Waals surface area contributed by atoms with Crippen LogP contribution in [0.15, 0.2) is 72.8 Å². The van der Waals surface area contributed by atoms with Crippen molar-refractivity contribution < 1.29 is 0 Å². The summed E-state index contributed by atoms with van der Waals surface area (Å²) in [5.41, 5.74) is 8.64. The van der Waals surface area contributed by atoms with Crippen molar-refractivity contribution in [3.05, 3.63) is 89.0 Å². The second-order valence-corrected chi connectivity index (χ2v) is 6.70. The Kier molecular flexibility index (Phi) is 5.34. The summed E-state index contributed by atoms with van der Waals surface area (Å²) in [6, 6.07) is 23.0. The van der Waals surface area contributed by atoms with Crippen LogP contribution in [0, 0.1) is 0 Å². The van der Waals surface area contributed by atoms with Gasteiger partial charge in [0, 0.05) is 17.0 Å². The van der Waals surface area contributed by atoms with Gasteiger partial charge in [-0.05, 0) is 53.4 Å². The molecule has 3 aromatic rings. The van der Waals surface area contributed by atoms with Crippen molar-refractivity contribution in [3.63, 3.8) is 0 Å². The lowest BCUT2D eigenvalue weighted by atomic mass is 9.89. The molecule has 0 saturated heterocycles. The maximum Gasteiger partial charge on any atom is 0.0406 e. The van der Waals surface area contributed by atoms with Crippen LogP contribution in [0.1, 0.15) is 30.4 Å². The average molecular weight is 336 g/mol. The van der Waals surface area contributed by atoms with Gasteiger partial charge in [-0.15, -0.1) is 0 Å². The van der Waals surface area contributed by atoms with E-state index in [-0.39, 0.29) is 6.04 Å². The van der Waals surface area contributed by atoms with Gasteiger partial charge in [-0.1, -0.05) is 72.3 Å². The van der Waals surface area contributed by atoms with Crippen molar-refractivity contribution in [1.29, 1.82) is 0 Å². The molecule has 2 atom stereocenters. The Bertz CT molecular complexity index is 834. The number of nitrogens with two attached hydrogens (primary N) is 1. The fraction of sp³-hybridized carbons (Fsp3) is 0.182. The second-order valence-electron chi connectivity index (χ2n) is 6.26. The quantitative estimate of drug-likeness (QED) is 0.605. The molecule has 0 unspecified atom stereocenters. The molecule has 2 heteroatoms. The summed E-state index contributed by atoms with van der Waals surface area (Å²) < 4.78 is 0.